The number of carbonyl (C=O) groups is 3. The van der Waals surface area contributed by atoms with E-state index in [9.17, 15) is 18.8 Å². The Morgan fingerprint density at radius 3 is 2.18 bits per heavy atom. The van der Waals surface area contributed by atoms with Crippen molar-refractivity contribution in [1.82, 2.24) is 10.6 Å². The van der Waals surface area contributed by atoms with Crippen molar-refractivity contribution in [2.75, 3.05) is 0 Å². The van der Waals surface area contributed by atoms with Crippen molar-refractivity contribution in [3.63, 3.8) is 0 Å². The van der Waals surface area contributed by atoms with Crippen LogP contribution in [-0.2, 0) is 22.4 Å². The lowest BCUT2D eigenvalue weighted by atomic mass is 9.94. The van der Waals surface area contributed by atoms with Gasteiger partial charge in [-0.15, -0.1) is 0 Å². The van der Waals surface area contributed by atoms with E-state index in [2.05, 4.69) is 10.6 Å². The number of benzene rings is 2. The van der Waals surface area contributed by atoms with E-state index in [0.29, 0.717) is 5.56 Å². The number of carbonyl (C=O) groups excluding carboxylic acids is 3. The summed E-state index contributed by atoms with van der Waals surface area (Å²) in [5, 5.41) is 5.62. The summed E-state index contributed by atoms with van der Waals surface area (Å²) in [5.41, 5.74) is -0.420. The van der Waals surface area contributed by atoms with Gasteiger partial charge in [-0.25, -0.2) is 9.18 Å². The lowest BCUT2D eigenvalue weighted by Gasteiger charge is -2.24. The zero-order valence-electron chi connectivity index (χ0n) is 20.4. The van der Waals surface area contributed by atoms with Crippen LogP contribution in [0.15, 0.2) is 42.5 Å². The molecule has 0 heterocycles. The molecule has 2 aromatic carbocycles. The van der Waals surface area contributed by atoms with Gasteiger partial charge >= 0.3 is 6.09 Å². The smallest absolute Gasteiger partial charge is 0.408 e. The van der Waals surface area contributed by atoms with Gasteiger partial charge < -0.3 is 15.4 Å². The average molecular weight is 491 g/mol. The molecule has 0 spiro atoms. The highest BCUT2D eigenvalue weighted by Gasteiger charge is 2.28. The maximum absolute atomic E-state index is 14.3. The lowest BCUT2D eigenvalue weighted by Crippen LogP contribution is -2.45. The van der Waals surface area contributed by atoms with Crippen LogP contribution >= 0.6 is 11.6 Å². The van der Waals surface area contributed by atoms with Gasteiger partial charge in [-0.1, -0.05) is 41.9 Å². The number of Topliss-reactive ketones (excluding diaryl/α,β-unsaturated/α-hetero) is 1. The summed E-state index contributed by atoms with van der Waals surface area (Å²) in [4.78, 5) is 38.6. The van der Waals surface area contributed by atoms with Crippen LogP contribution in [0.3, 0.4) is 0 Å². The van der Waals surface area contributed by atoms with Crippen molar-refractivity contribution in [2.45, 2.75) is 71.6 Å². The first-order valence-electron chi connectivity index (χ1n) is 11.0. The molecule has 0 radical (unpaired) electrons. The average Bonchev–Trinajstić information content (AvgIpc) is 2.66. The Hall–Kier alpha value is -2.93. The van der Waals surface area contributed by atoms with Gasteiger partial charge in [0.05, 0.1) is 16.6 Å². The van der Waals surface area contributed by atoms with Gasteiger partial charge in [0.15, 0.2) is 5.78 Å². The SMILES string of the molecule is CC(C)(C)NC(=O)c1c(Cl)cccc1CC(=O)[C@@H](Cc1ccccc1F)NC(=O)OC(C)(C)C. The summed E-state index contributed by atoms with van der Waals surface area (Å²) >= 11 is 6.31. The van der Waals surface area contributed by atoms with E-state index in [4.69, 9.17) is 16.3 Å². The third-order valence-electron chi connectivity index (χ3n) is 4.64. The minimum Gasteiger partial charge on any atom is -0.444 e. The Morgan fingerprint density at radius 1 is 0.971 bits per heavy atom. The van der Waals surface area contributed by atoms with E-state index in [1.165, 1.54) is 6.07 Å². The third kappa shape index (κ3) is 8.45. The zero-order valence-corrected chi connectivity index (χ0v) is 21.2. The molecule has 2 aromatic rings. The molecule has 0 fully saturated rings. The number of ether oxygens (including phenoxy) is 1. The molecular formula is C26H32ClFN2O4. The molecule has 0 bridgehead atoms. The molecule has 1 atom stereocenters. The molecule has 0 aromatic heterocycles. The van der Waals surface area contributed by atoms with E-state index < -0.39 is 40.8 Å². The molecule has 0 aliphatic rings. The van der Waals surface area contributed by atoms with Crippen molar-refractivity contribution >= 4 is 29.4 Å². The normalized spacial score (nSPS) is 12.6. The quantitative estimate of drug-likeness (QED) is 0.554. The molecule has 184 valence electrons. The number of nitrogens with one attached hydrogen (secondary N) is 2. The van der Waals surface area contributed by atoms with E-state index >= 15 is 0 Å². The zero-order chi connectivity index (χ0) is 25.7. The van der Waals surface area contributed by atoms with Crippen LogP contribution in [0.1, 0.15) is 63.0 Å². The second-order valence-electron chi connectivity index (χ2n) is 10.1. The highest BCUT2D eigenvalue weighted by molar-refractivity contribution is 6.34. The summed E-state index contributed by atoms with van der Waals surface area (Å²) in [7, 11) is 0. The third-order valence-corrected chi connectivity index (χ3v) is 4.96. The lowest BCUT2D eigenvalue weighted by molar-refractivity contribution is -0.120. The van der Waals surface area contributed by atoms with E-state index in [1.54, 1.807) is 57.2 Å². The van der Waals surface area contributed by atoms with Crippen molar-refractivity contribution in [3.05, 3.63) is 70.0 Å². The summed E-state index contributed by atoms with van der Waals surface area (Å²) in [6.45, 7) is 10.6. The van der Waals surface area contributed by atoms with Crippen LogP contribution in [0.4, 0.5) is 9.18 Å². The second kappa shape index (κ2) is 11.0. The summed E-state index contributed by atoms with van der Waals surface area (Å²) in [6, 6.07) is 9.81. The minimum absolute atomic E-state index is 0.0746. The fourth-order valence-corrected chi connectivity index (χ4v) is 3.54. The van der Waals surface area contributed by atoms with Crippen LogP contribution in [-0.4, -0.2) is 35.0 Å². The fourth-order valence-electron chi connectivity index (χ4n) is 3.26. The first-order valence-corrected chi connectivity index (χ1v) is 11.4. The molecule has 2 N–H and O–H groups in total. The number of alkyl carbamates (subject to hydrolysis) is 1. The van der Waals surface area contributed by atoms with Crippen LogP contribution in [0.25, 0.3) is 0 Å². The fraction of sp³-hybridized carbons (Fsp3) is 0.423. The van der Waals surface area contributed by atoms with Crippen molar-refractivity contribution in [1.29, 1.82) is 0 Å². The predicted octanol–water partition coefficient (Wildman–Crippen LogP) is 5.26. The second-order valence-corrected chi connectivity index (χ2v) is 10.5. The number of hydrogen-bond donors (Lipinski definition) is 2. The monoisotopic (exact) mass is 490 g/mol. The molecule has 2 amide bonds. The largest absolute Gasteiger partial charge is 0.444 e. The van der Waals surface area contributed by atoms with Crippen molar-refractivity contribution in [2.24, 2.45) is 0 Å². The van der Waals surface area contributed by atoms with Crippen LogP contribution < -0.4 is 10.6 Å². The molecule has 0 unspecified atom stereocenters. The van der Waals surface area contributed by atoms with E-state index in [0.717, 1.165) is 0 Å². The summed E-state index contributed by atoms with van der Waals surface area (Å²) in [5.74, 6) is -1.31. The van der Waals surface area contributed by atoms with Gasteiger partial charge in [0.1, 0.15) is 11.4 Å². The number of halogens is 2. The molecule has 8 heteroatoms. The molecule has 0 saturated heterocycles. The van der Waals surface area contributed by atoms with Crippen LogP contribution in [0, 0.1) is 5.82 Å². The highest BCUT2D eigenvalue weighted by atomic mass is 35.5. The van der Waals surface area contributed by atoms with Gasteiger partial charge in [-0.3, -0.25) is 9.59 Å². The summed E-state index contributed by atoms with van der Waals surface area (Å²) in [6.07, 6.45) is -1.06. The Bertz CT molecular complexity index is 1060. The number of hydrogen-bond acceptors (Lipinski definition) is 4. The highest BCUT2D eigenvalue weighted by Crippen LogP contribution is 2.23. The van der Waals surface area contributed by atoms with Gasteiger partial charge in [0.2, 0.25) is 0 Å². The van der Waals surface area contributed by atoms with Crippen LogP contribution in [0.2, 0.25) is 5.02 Å². The van der Waals surface area contributed by atoms with Crippen molar-refractivity contribution < 1.29 is 23.5 Å². The Kier molecular flexibility index (Phi) is 8.83. The summed E-state index contributed by atoms with van der Waals surface area (Å²) < 4.78 is 19.6. The topological polar surface area (TPSA) is 84.5 Å². The van der Waals surface area contributed by atoms with Gasteiger partial charge in [-0.2, -0.15) is 0 Å². The Balaban J connectivity index is 2.35. The maximum Gasteiger partial charge on any atom is 0.408 e. The van der Waals surface area contributed by atoms with Gasteiger partial charge in [0, 0.05) is 18.4 Å². The molecule has 0 aliphatic carbocycles. The van der Waals surface area contributed by atoms with Gasteiger partial charge in [0.25, 0.3) is 5.91 Å². The number of ketones is 1. The predicted molar refractivity (Wildman–Crippen MR) is 131 cm³/mol. The first-order chi connectivity index (χ1) is 15.7. The molecule has 0 aliphatic heterocycles. The number of amides is 2. The molecule has 6 nitrogen and oxygen atoms in total. The molecular weight excluding hydrogens is 459 g/mol. The van der Waals surface area contributed by atoms with E-state index in [-0.39, 0.29) is 29.0 Å². The first kappa shape index (κ1) is 27.3. The Morgan fingerprint density at radius 2 is 1.59 bits per heavy atom. The van der Waals surface area contributed by atoms with Crippen molar-refractivity contribution in [3.8, 4) is 0 Å². The molecule has 0 saturated carbocycles. The van der Waals surface area contributed by atoms with Gasteiger partial charge in [-0.05, 0) is 64.8 Å². The van der Waals surface area contributed by atoms with Crippen LogP contribution in [0.5, 0.6) is 0 Å². The molecule has 2 rings (SSSR count). The molecule has 34 heavy (non-hydrogen) atoms. The maximum atomic E-state index is 14.3. The standard InChI is InChI=1S/C26H32ClFN2O4/c1-25(2,3)30-23(32)22-17(11-9-12-18(22)27)15-21(31)20(29-24(33)34-26(4,5)6)14-16-10-7-8-13-19(16)28/h7-13,20H,14-15H2,1-6H3,(H,29,33)(H,30,32)/t20-/m1/s1. The minimum atomic E-state index is -1.08. The number of rotatable bonds is 7. The van der Waals surface area contributed by atoms with E-state index in [1.807, 2.05) is 20.8 Å². The Labute approximate surface area is 205 Å².